The first-order valence-corrected chi connectivity index (χ1v) is 8.62. The first-order chi connectivity index (χ1) is 11.6. The minimum absolute atomic E-state index is 0.506. The number of nitrogens with zero attached hydrogens (tertiary/aromatic N) is 2. The van der Waals surface area contributed by atoms with E-state index in [-0.39, 0.29) is 0 Å². The monoisotopic (exact) mass is 332 g/mol. The van der Waals surface area contributed by atoms with Gasteiger partial charge in [-0.1, -0.05) is 37.8 Å². The summed E-state index contributed by atoms with van der Waals surface area (Å²) in [4.78, 5) is 6.70. The summed E-state index contributed by atoms with van der Waals surface area (Å²) >= 11 is 0. The van der Waals surface area contributed by atoms with Gasteiger partial charge in [0.15, 0.2) is 5.96 Å². The number of para-hydroxylation sites is 1. The number of hydrogen-bond donors (Lipinski definition) is 2. The normalized spacial score (nSPS) is 11.7. The molecule has 0 aliphatic rings. The predicted octanol–water partition coefficient (Wildman–Crippen LogP) is 2.65. The number of nitrogens with one attached hydrogen (secondary N) is 2. The van der Waals surface area contributed by atoms with Gasteiger partial charge >= 0.3 is 0 Å². The molecule has 134 valence electrons. The second-order valence-corrected chi connectivity index (χ2v) is 5.78. The highest BCUT2D eigenvalue weighted by atomic mass is 16.5. The van der Waals surface area contributed by atoms with Gasteiger partial charge in [-0.2, -0.15) is 0 Å². The number of likely N-dealkylation sites (N-methyl/N-ethyl adjacent to an activating group) is 1. The Hall–Kier alpha value is -2.01. The molecule has 0 atom stereocenters. The van der Waals surface area contributed by atoms with Gasteiger partial charge < -0.3 is 15.4 Å². The van der Waals surface area contributed by atoms with Gasteiger partial charge in [-0.15, -0.1) is 0 Å². The number of benzene rings is 1. The number of guanidine groups is 1. The lowest BCUT2D eigenvalue weighted by Crippen LogP contribution is -2.42. The third kappa shape index (κ3) is 7.04. The summed E-state index contributed by atoms with van der Waals surface area (Å²) in [5.41, 5.74) is 1.10. The molecule has 0 bridgehead atoms. The van der Waals surface area contributed by atoms with Crippen LogP contribution in [-0.4, -0.2) is 50.2 Å². The Morgan fingerprint density at radius 3 is 2.71 bits per heavy atom. The molecule has 0 aromatic heterocycles. The zero-order valence-corrected chi connectivity index (χ0v) is 15.5. The summed E-state index contributed by atoms with van der Waals surface area (Å²) in [5.74, 6) is 1.67. The second kappa shape index (κ2) is 11.5. The number of hydrogen-bond acceptors (Lipinski definition) is 3. The van der Waals surface area contributed by atoms with E-state index < -0.39 is 0 Å². The number of aliphatic imine (C=N–C) groups is 1. The third-order valence-electron chi connectivity index (χ3n) is 3.83. The van der Waals surface area contributed by atoms with E-state index >= 15 is 0 Å². The van der Waals surface area contributed by atoms with E-state index in [1.54, 1.807) is 13.1 Å². The van der Waals surface area contributed by atoms with Crippen LogP contribution in [0.4, 0.5) is 0 Å². The molecular formula is C19H32N4O. The van der Waals surface area contributed by atoms with Crippen LogP contribution in [0.25, 0.3) is 0 Å². The fourth-order valence-corrected chi connectivity index (χ4v) is 2.44. The van der Waals surface area contributed by atoms with E-state index in [9.17, 15) is 0 Å². The van der Waals surface area contributed by atoms with Gasteiger partial charge in [-0.3, -0.25) is 9.89 Å². The average molecular weight is 332 g/mol. The van der Waals surface area contributed by atoms with E-state index in [0.29, 0.717) is 19.2 Å². The van der Waals surface area contributed by atoms with Gasteiger partial charge in [0.05, 0.1) is 0 Å². The van der Waals surface area contributed by atoms with Crippen molar-refractivity contribution in [2.75, 3.05) is 33.3 Å². The van der Waals surface area contributed by atoms with Crippen LogP contribution < -0.4 is 15.4 Å². The fourth-order valence-electron chi connectivity index (χ4n) is 2.44. The van der Waals surface area contributed by atoms with Crippen LogP contribution in [0.3, 0.4) is 0 Å². The van der Waals surface area contributed by atoms with Crippen LogP contribution >= 0.6 is 0 Å². The largest absolute Gasteiger partial charge is 0.489 e. The summed E-state index contributed by atoms with van der Waals surface area (Å²) in [6.45, 7) is 14.4. The Kier molecular flexibility index (Phi) is 9.61. The Bertz CT molecular complexity index is 514. The van der Waals surface area contributed by atoms with Crippen LogP contribution in [0.1, 0.15) is 26.3 Å². The lowest BCUT2D eigenvalue weighted by Gasteiger charge is -2.25. The molecule has 5 heteroatoms. The molecule has 0 spiro atoms. The van der Waals surface area contributed by atoms with Crippen LogP contribution in [0.15, 0.2) is 41.9 Å². The zero-order chi connectivity index (χ0) is 17.8. The van der Waals surface area contributed by atoms with Crippen molar-refractivity contribution in [3.8, 4) is 5.75 Å². The van der Waals surface area contributed by atoms with E-state index in [2.05, 4.69) is 53.9 Å². The average Bonchev–Trinajstić information content (AvgIpc) is 2.59. The summed E-state index contributed by atoms with van der Waals surface area (Å²) in [7, 11) is 1.79. The highest BCUT2D eigenvalue weighted by molar-refractivity contribution is 5.79. The highest BCUT2D eigenvalue weighted by Crippen LogP contribution is 2.17. The third-order valence-corrected chi connectivity index (χ3v) is 3.83. The molecule has 5 nitrogen and oxygen atoms in total. The molecule has 0 saturated carbocycles. The molecule has 2 N–H and O–H groups in total. The Balaban J connectivity index is 2.48. The fraction of sp³-hybridized carbons (Fsp3) is 0.526. The molecule has 0 heterocycles. The topological polar surface area (TPSA) is 48.9 Å². The van der Waals surface area contributed by atoms with Crippen molar-refractivity contribution in [2.24, 2.45) is 4.99 Å². The summed E-state index contributed by atoms with van der Waals surface area (Å²) in [6.07, 6.45) is 1.75. The van der Waals surface area contributed by atoms with Gasteiger partial charge in [0.25, 0.3) is 0 Å². The molecule has 0 amide bonds. The van der Waals surface area contributed by atoms with Crippen LogP contribution in [0.5, 0.6) is 5.75 Å². The van der Waals surface area contributed by atoms with Gasteiger partial charge in [-0.05, 0) is 26.5 Å². The first-order valence-electron chi connectivity index (χ1n) is 8.62. The highest BCUT2D eigenvalue weighted by Gasteiger charge is 2.07. The molecule has 0 aliphatic heterocycles. The SMILES string of the molecule is C=CCOc1ccccc1CNC(=NC)NCCN(CC)C(C)C. The predicted molar refractivity (Wildman–Crippen MR) is 103 cm³/mol. The van der Waals surface area contributed by atoms with Gasteiger partial charge in [0.2, 0.25) is 0 Å². The maximum Gasteiger partial charge on any atom is 0.191 e. The summed E-state index contributed by atoms with van der Waals surface area (Å²) in [6, 6.07) is 8.56. The minimum Gasteiger partial charge on any atom is -0.489 e. The van der Waals surface area contributed by atoms with Crippen LogP contribution in [0, 0.1) is 0 Å². The van der Waals surface area contributed by atoms with Gasteiger partial charge in [-0.25, -0.2) is 0 Å². The lowest BCUT2D eigenvalue weighted by molar-refractivity contribution is 0.237. The molecule has 24 heavy (non-hydrogen) atoms. The molecule has 0 unspecified atom stereocenters. The van der Waals surface area contributed by atoms with Crippen LogP contribution in [0.2, 0.25) is 0 Å². The van der Waals surface area contributed by atoms with Crippen molar-refractivity contribution in [3.63, 3.8) is 0 Å². The van der Waals surface area contributed by atoms with E-state index in [1.165, 1.54) is 0 Å². The van der Waals surface area contributed by atoms with Crippen molar-refractivity contribution in [1.29, 1.82) is 0 Å². The van der Waals surface area contributed by atoms with E-state index in [1.807, 2.05) is 18.2 Å². The Morgan fingerprint density at radius 2 is 2.08 bits per heavy atom. The number of rotatable bonds is 10. The molecule has 1 aromatic carbocycles. The van der Waals surface area contributed by atoms with E-state index in [0.717, 1.165) is 36.9 Å². The van der Waals surface area contributed by atoms with Crippen LogP contribution in [-0.2, 0) is 6.54 Å². The number of ether oxygens (including phenoxy) is 1. The maximum absolute atomic E-state index is 5.68. The van der Waals surface area contributed by atoms with Crippen molar-refractivity contribution in [2.45, 2.75) is 33.4 Å². The van der Waals surface area contributed by atoms with Gasteiger partial charge in [0.1, 0.15) is 12.4 Å². The molecular weight excluding hydrogens is 300 g/mol. The Labute approximate surface area is 146 Å². The first kappa shape index (κ1) is 20.0. The maximum atomic E-state index is 5.68. The lowest BCUT2D eigenvalue weighted by atomic mass is 10.2. The molecule has 0 aliphatic carbocycles. The minimum atomic E-state index is 0.506. The van der Waals surface area contributed by atoms with Crippen molar-refractivity contribution < 1.29 is 4.74 Å². The smallest absolute Gasteiger partial charge is 0.191 e. The second-order valence-electron chi connectivity index (χ2n) is 5.78. The molecule has 0 fully saturated rings. The van der Waals surface area contributed by atoms with Crippen molar-refractivity contribution >= 4 is 5.96 Å². The summed E-state index contributed by atoms with van der Waals surface area (Å²) in [5, 5.41) is 6.70. The Morgan fingerprint density at radius 1 is 1.33 bits per heavy atom. The van der Waals surface area contributed by atoms with E-state index in [4.69, 9.17) is 4.74 Å². The van der Waals surface area contributed by atoms with Crippen molar-refractivity contribution in [3.05, 3.63) is 42.5 Å². The quantitative estimate of drug-likeness (QED) is 0.393. The molecule has 1 rings (SSSR count). The van der Waals surface area contributed by atoms with Gasteiger partial charge in [0, 0.05) is 38.3 Å². The molecule has 0 saturated heterocycles. The summed E-state index contributed by atoms with van der Waals surface area (Å²) < 4.78 is 5.68. The molecule has 0 radical (unpaired) electrons. The molecule has 1 aromatic rings. The van der Waals surface area contributed by atoms with Crippen molar-refractivity contribution in [1.82, 2.24) is 15.5 Å². The standard InChI is InChI=1S/C19H32N4O/c1-6-14-24-18-11-9-8-10-17(18)15-22-19(20-5)21-12-13-23(7-2)16(3)4/h6,8-11,16H,1,7,12-15H2,2-5H3,(H2,20,21,22). The zero-order valence-electron chi connectivity index (χ0n) is 15.5.